The molecule has 3 heterocycles. The van der Waals surface area contributed by atoms with E-state index in [4.69, 9.17) is 51.8 Å². The number of nitrogens with zero attached hydrogens (tertiary/aromatic N) is 3. The van der Waals surface area contributed by atoms with Crippen LogP contribution in [0.1, 0.15) is 50.5 Å². The third-order valence-corrected chi connectivity index (χ3v) is 8.16. The fraction of sp³-hybridized carbons (Fsp3) is 0.529. The van der Waals surface area contributed by atoms with E-state index in [1.165, 1.54) is 18.2 Å². The highest BCUT2D eigenvalue weighted by molar-refractivity contribution is 5.98. The van der Waals surface area contributed by atoms with Gasteiger partial charge >= 0.3 is 41.4 Å². The zero-order chi connectivity index (χ0) is 41.4. The van der Waals surface area contributed by atoms with Gasteiger partial charge in [0.1, 0.15) is 30.6 Å². The van der Waals surface area contributed by atoms with Crippen molar-refractivity contribution >= 4 is 53.1 Å². The summed E-state index contributed by atoms with van der Waals surface area (Å²) >= 11 is 0. The minimum atomic E-state index is -1.98. The maximum Gasteiger partial charge on any atom is 0.338 e. The van der Waals surface area contributed by atoms with Gasteiger partial charge in [0.2, 0.25) is 12.4 Å². The van der Waals surface area contributed by atoms with Crippen LogP contribution in [0.3, 0.4) is 0 Å². The third-order valence-electron chi connectivity index (χ3n) is 8.16. The summed E-state index contributed by atoms with van der Waals surface area (Å²) in [4.78, 5) is 102. The van der Waals surface area contributed by atoms with E-state index in [2.05, 4.69) is 10.0 Å². The van der Waals surface area contributed by atoms with E-state index < -0.39 is 109 Å². The van der Waals surface area contributed by atoms with Crippen LogP contribution in [0.2, 0.25) is 0 Å². The van der Waals surface area contributed by atoms with Crippen LogP contribution in [0.4, 0.5) is 0 Å². The van der Waals surface area contributed by atoms with Crippen LogP contribution in [0.15, 0.2) is 32.5 Å². The molecular formula is C34H37N3O19. The summed E-state index contributed by atoms with van der Waals surface area (Å²) in [5.41, 5.74) is 8.78. The standard InChI is InChI=1S/C34H37N3O19/c1-13-10-23(44)54-25-19(13)8-9-21(20(25)11-38)52-34-31(51-18(6)43)29(50-17(5)42)28(30(56-34)32(45)46-7)55-33-24(36-37-35)27(49-16(4)41)26(48-15(3)40)22(53-33)12-47-14(2)39/h8-11,22,24,26-31,33-34H,12H2,1-7H3/t22?,24?,26-,27?,28+,29?,30?,31?,33-,34-/m1/s1. The van der Waals surface area contributed by atoms with Crippen molar-refractivity contribution in [3.8, 4) is 5.75 Å². The van der Waals surface area contributed by atoms with Crippen molar-refractivity contribution in [2.75, 3.05) is 13.7 Å². The summed E-state index contributed by atoms with van der Waals surface area (Å²) in [6, 6.07) is 2.22. The molecule has 0 saturated carbocycles. The number of benzene rings is 1. The number of rotatable bonds is 13. The molecule has 2 aliphatic heterocycles. The monoisotopic (exact) mass is 791 g/mol. The Labute approximate surface area is 316 Å². The van der Waals surface area contributed by atoms with Crippen LogP contribution in [0.25, 0.3) is 21.4 Å². The topological polar surface area (TPSA) is 291 Å². The van der Waals surface area contributed by atoms with Gasteiger partial charge in [-0.2, -0.15) is 0 Å². The van der Waals surface area contributed by atoms with Gasteiger partial charge in [-0.1, -0.05) is 5.11 Å². The fourth-order valence-corrected chi connectivity index (χ4v) is 6.06. The number of aldehydes is 1. The van der Waals surface area contributed by atoms with Gasteiger partial charge in [-0.3, -0.25) is 28.8 Å². The van der Waals surface area contributed by atoms with Crippen molar-refractivity contribution in [1.29, 1.82) is 0 Å². The summed E-state index contributed by atoms with van der Waals surface area (Å²) in [5.74, 6) is -6.14. The zero-order valence-electron chi connectivity index (χ0n) is 30.9. The first-order valence-corrected chi connectivity index (χ1v) is 16.6. The van der Waals surface area contributed by atoms with Crippen molar-refractivity contribution < 1.29 is 85.3 Å². The van der Waals surface area contributed by atoms with Crippen LogP contribution in [-0.2, 0) is 71.4 Å². The van der Waals surface area contributed by atoms with Gasteiger partial charge in [0.15, 0.2) is 42.6 Å². The van der Waals surface area contributed by atoms with Crippen molar-refractivity contribution in [3.63, 3.8) is 0 Å². The molecule has 22 nitrogen and oxygen atoms in total. The quantitative estimate of drug-likeness (QED) is 0.0525. The van der Waals surface area contributed by atoms with Gasteiger partial charge in [-0.25, -0.2) is 9.59 Å². The number of hydrogen-bond acceptors (Lipinski definition) is 20. The number of esters is 6. The number of hydrogen-bond donors (Lipinski definition) is 0. The highest BCUT2D eigenvalue weighted by Gasteiger charge is 2.58. The lowest BCUT2D eigenvalue weighted by Gasteiger charge is -2.47. The molecule has 2 fully saturated rings. The molecule has 4 rings (SSSR count). The predicted octanol–water partition coefficient (Wildman–Crippen LogP) is 1.27. The lowest BCUT2D eigenvalue weighted by atomic mass is 9.95. The van der Waals surface area contributed by atoms with Gasteiger partial charge in [-0.15, -0.1) is 0 Å². The SMILES string of the molecule is COC(=O)C1O[C@@H](Oc2ccc3c(C)cc(=O)oc3c2C=O)C(OC(C)=O)C(OC(C)=O)[C@@H]1O[C@H]1OC(COC(C)=O)[C@@H](OC(C)=O)C(OC(C)=O)C1N=[N+]=[N-]. The van der Waals surface area contributed by atoms with Crippen molar-refractivity contribution in [3.05, 3.63) is 50.2 Å². The molecular weight excluding hydrogens is 754 g/mol. The van der Waals surface area contributed by atoms with Gasteiger partial charge < -0.3 is 51.8 Å². The van der Waals surface area contributed by atoms with Gasteiger partial charge in [-0.05, 0) is 30.2 Å². The Morgan fingerprint density at radius 1 is 0.821 bits per heavy atom. The maximum absolute atomic E-state index is 13.4. The van der Waals surface area contributed by atoms with Crippen molar-refractivity contribution in [2.45, 2.75) is 103 Å². The summed E-state index contributed by atoms with van der Waals surface area (Å²) in [7, 11) is 0.964. The van der Waals surface area contributed by atoms with E-state index in [-0.39, 0.29) is 16.9 Å². The maximum atomic E-state index is 13.4. The Balaban J connectivity index is 1.86. The van der Waals surface area contributed by atoms with Crippen LogP contribution < -0.4 is 10.4 Å². The van der Waals surface area contributed by atoms with E-state index in [0.29, 0.717) is 17.2 Å². The van der Waals surface area contributed by atoms with E-state index in [1.807, 2.05) is 0 Å². The Kier molecular flexibility index (Phi) is 14.1. The molecule has 2 saturated heterocycles. The summed E-state index contributed by atoms with van der Waals surface area (Å²) < 4.78 is 61.2. The van der Waals surface area contributed by atoms with E-state index >= 15 is 0 Å². The molecule has 10 atom stereocenters. The summed E-state index contributed by atoms with van der Waals surface area (Å²) in [6.07, 6.45) is -15.9. The van der Waals surface area contributed by atoms with E-state index in [0.717, 1.165) is 41.7 Å². The number of azide groups is 1. The molecule has 0 aliphatic carbocycles. The molecule has 0 spiro atoms. The molecule has 22 heteroatoms. The minimum absolute atomic E-state index is 0.166. The molecule has 0 bridgehead atoms. The van der Waals surface area contributed by atoms with Crippen molar-refractivity contribution in [1.82, 2.24) is 0 Å². The summed E-state index contributed by atoms with van der Waals surface area (Å²) in [5, 5.41) is 4.01. The van der Waals surface area contributed by atoms with E-state index in [1.54, 1.807) is 6.92 Å². The highest BCUT2D eigenvalue weighted by atomic mass is 16.8. The molecule has 0 radical (unpaired) electrons. The smallest absolute Gasteiger partial charge is 0.338 e. The fourth-order valence-electron chi connectivity index (χ4n) is 6.06. The average molecular weight is 792 g/mol. The molecule has 6 unspecified atom stereocenters. The van der Waals surface area contributed by atoms with Gasteiger partial charge in [0.05, 0.1) is 12.7 Å². The number of carbonyl (C=O) groups excluding carboxylic acids is 7. The Morgan fingerprint density at radius 2 is 1.43 bits per heavy atom. The normalized spacial score (nSPS) is 27.1. The molecule has 2 aliphatic rings. The minimum Gasteiger partial charge on any atom is -0.467 e. The lowest BCUT2D eigenvalue weighted by Crippen LogP contribution is -2.67. The van der Waals surface area contributed by atoms with Crippen LogP contribution in [-0.4, -0.2) is 117 Å². The second-order valence-corrected chi connectivity index (χ2v) is 12.2. The molecule has 2 aromatic rings. The first-order valence-electron chi connectivity index (χ1n) is 16.6. The lowest BCUT2D eigenvalue weighted by molar-refractivity contribution is -0.333. The predicted molar refractivity (Wildman–Crippen MR) is 179 cm³/mol. The van der Waals surface area contributed by atoms with Gasteiger partial charge in [0, 0.05) is 51.0 Å². The largest absolute Gasteiger partial charge is 0.467 e. The number of ether oxygens (including phenoxy) is 10. The second-order valence-electron chi connectivity index (χ2n) is 12.2. The van der Waals surface area contributed by atoms with Crippen LogP contribution >= 0.6 is 0 Å². The van der Waals surface area contributed by atoms with Crippen molar-refractivity contribution in [2.24, 2.45) is 5.11 Å². The molecule has 56 heavy (non-hydrogen) atoms. The molecule has 1 aromatic heterocycles. The molecule has 0 N–H and O–H groups in total. The Bertz CT molecular complexity index is 1970. The number of fused-ring (bicyclic) bond motifs is 1. The second kappa shape index (κ2) is 18.5. The first kappa shape index (κ1) is 42.6. The third kappa shape index (κ3) is 9.96. The summed E-state index contributed by atoms with van der Waals surface area (Å²) in [6.45, 7) is 5.99. The zero-order valence-corrected chi connectivity index (χ0v) is 30.9. The van der Waals surface area contributed by atoms with Gasteiger partial charge in [0.25, 0.3) is 0 Å². The average Bonchev–Trinajstić information content (AvgIpc) is 3.10. The molecule has 302 valence electrons. The molecule has 1 aromatic carbocycles. The molecule has 0 amide bonds. The highest BCUT2D eigenvalue weighted by Crippen LogP contribution is 2.37. The number of aryl methyl sites for hydroxylation is 1. The number of carbonyl (C=O) groups is 7. The van der Waals surface area contributed by atoms with Crippen LogP contribution in [0, 0.1) is 6.92 Å². The van der Waals surface area contributed by atoms with E-state index in [9.17, 15) is 43.9 Å². The Hall–Kier alpha value is -6.09. The van der Waals surface area contributed by atoms with Crippen LogP contribution in [0.5, 0.6) is 5.75 Å². The first-order chi connectivity index (χ1) is 26.5. The Morgan fingerprint density at radius 3 is 2.00 bits per heavy atom. The number of methoxy groups -OCH3 is 1.